The van der Waals surface area contributed by atoms with Crippen molar-refractivity contribution in [3.8, 4) is 0 Å². The molecule has 84 valence electrons. The highest BCUT2D eigenvalue weighted by molar-refractivity contribution is 4.80. The topological polar surface area (TPSA) is 38.5 Å². The van der Waals surface area contributed by atoms with Crippen molar-refractivity contribution >= 4 is 0 Å². The Morgan fingerprint density at radius 3 is 2.79 bits per heavy atom. The molecule has 1 heterocycles. The van der Waals surface area contributed by atoms with Crippen molar-refractivity contribution in [3.05, 3.63) is 0 Å². The van der Waals surface area contributed by atoms with Crippen LogP contribution in [0.15, 0.2) is 0 Å². The highest BCUT2D eigenvalue weighted by atomic mass is 16.5. The van der Waals surface area contributed by atoms with Gasteiger partial charge < -0.3 is 10.5 Å². The Balaban J connectivity index is 2.17. The van der Waals surface area contributed by atoms with E-state index in [0.29, 0.717) is 18.2 Å². The van der Waals surface area contributed by atoms with E-state index in [9.17, 15) is 0 Å². The Kier molecular flexibility index (Phi) is 4.85. The predicted molar refractivity (Wildman–Crippen MR) is 59.3 cm³/mol. The molecule has 0 bridgehead atoms. The van der Waals surface area contributed by atoms with Crippen LogP contribution in [0, 0.1) is 0 Å². The summed E-state index contributed by atoms with van der Waals surface area (Å²) in [5, 5.41) is 0. The van der Waals surface area contributed by atoms with Crippen molar-refractivity contribution in [2.75, 3.05) is 19.7 Å². The van der Waals surface area contributed by atoms with Crippen LogP contribution in [-0.2, 0) is 4.74 Å². The monoisotopic (exact) mass is 200 g/mol. The molecule has 0 amide bonds. The summed E-state index contributed by atoms with van der Waals surface area (Å²) < 4.78 is 5.55. The summed E-state index contributed by atoms with van der Waals surface area (Å²) in [5.74, 6) is 0. The maximum atomic E-state index is 5.91. The molecule has 14 heavy (non-hydrogen) atoms. The van der Waals surface area contributed by atoms with E-state index in [1.54, 1.807) is 0 Å². The number of nitrogens with zero attached hydrogens (tertiary/aromatic N) is 1. The second-order valence-corrected chi connectivity index (χ2v) is 4.59. The standard InChI is InChI=1S/C11H24N2O/c1-9(2)14-7-6-13-5-4-11(12)8-10(13)3/h9-11H,4-8,12H2,1-3H3. The van der Waals surface area contributed by atoms with E-state index in [0.717, 1.165) is 32.5 Å². The predicted octanol–water partition coefficient (Wildman–Crippen LogP) is 1.22. The molecule has 0 radical (unpaired) electrons. The van der Waals surface area contributed by atoms with Gasteiger partial charge in [0.1, 0.15) is 0 Å². The number of rotatable bonds is 4. The Bertz CT molecular complexity index is 161. The minimum atomic E-state index is 0.345. The van der Waals surface area contributed by atoms with Crippen molar-refractivity contribution < 1.29 is 4.74 Å². The average Bonchev–Trinajstić information content (AvgIpc) is 2.08. The first-order valence-corrected chi connectivity index (χ1v) is 5.71. The maximum absolute atomic E-state index is 5.91. The Morgan fingerprint density at radius 1 is 1.50 bits per heavy atom. The summed E-state index contributed by atoms with van der Waals surface area (Å²) in [4.78, 5) is 2.48. The zero-order valence-corrected chi connectivity index (χ0v) is 9.70. The molecule has 2 unspecified atom stereocenters. The molecule has 1 rings (SSSR count). The van der Waals surface area contributed by atoms with Gasteiger partial charge in [0.25, 0.3) is 0 Å². The molecule has 0 aliphatic carbocycles. The van der Waals surface area contributed by atoms with Crippen LogP contribution in [0.1, 0.15) is 33.6 Å². The number of hydrogen-bond donors (Lipinski definition) is 1. The zero-order chi connectivity index (χ0) is 10.6. The maximum Gasteiger partial charge on any atom is 0.0597 e. The lowest BCUT2D eigenvalue weighted by molar-refractivity contribution is 0.0408. The van der Waals surface area contributed by atoms with E-state index in [2.05, 4.69) is 25.7 Å². The second-order valence-electron chi connectivity index (χ2n) is 4.59. The van der Waals surface area contributed by atoms with Gasteiger partial charge in [0, 0.05) is 18.6 Å². The first-order valence-electron chi connectivity index (χ1n) is 5.71. The van der Waals surface area contributed by atoms with E-state index in [-0.39, 0.29) is 0 Å². The summed E-state index contributed by atoms with van der Waals surface area (Å²) in [7, 11) is 0. The lowest BCUT2D eigenvalue weighted by Crippen LogP contribution is -2.46. The lowest BCUT2D eigenvalue weighted by atomic mass is 9.99. The van der Waals surface area contributed by atoms with Crippen molar-refractivity contribution in [2.45, 2.75) is 51.8 Å². The first-order chi connectivity index (χ1) is 6.59. The quantitative estimate of drug-likeness (QED) is 0.741. The van der Waals surface area contributed by atoms with Gasteiger partial charge in [0.15, 0.2) is 0 Å². The largest absolute Gasteiger partial charge is 0.377 e. The Morgan fingerprint density at radius 2 is 2.21 bits per heavy atom. The highest BCUT2D eigenvalue weighted by Gasteiger charge is 2.22. The van der Waals surface area contributed by atoms with E-state index in [1.165, 1.54) is 0 Å². The van der Waals surface area contributed by atoms with E-state index in [1.807, 2.05) is 0 Å². The van der Waals surface area contributed by atoms with Crippen LogP contribution >= 0.6 is 0 Å². The minimum Gasteiger partial charge on any atom is -0.377 e. The summed E-state index contributed by atoms with van der Waals surface area (Å²) in [6.07, 6.45) is 2.60. The van der Waals surface area contributed by atoms with E-state index in [4.69, 9.17) is 10.5 Å². The molecule has 0 spiro atoms. The van der Waals surface area contributed by atoms with Crippen LogP contribution in [0.25, 0.3) is 0 Å². The molecule has 3 heteroatoms. The number of hydrogen-bond acceptors (Lipinski definition) is 3. The minimum absolute atomic E-state index is 0.345. The van der Waals surface area contributed by atoms with Gasteiger partial charge in [-0.05, 0) is 40.2 Å². The van der Waals surface area contributed by atoms with Crippen LogP contribution < -0.4 is 5.73 Å². The smallest absolute Gasteiger partial charge is 0.0597 e. The number of nitrogens with two attached hydrogens (primary N) is 1. The van der Waals surface area contributed by atoms with Crippen LogP contribution in [0.5, 0.6) is 0 Å². The molecule has 1 saturated heterocycles. The average molecular weight is 200 g/mol. The zero-order valence-electron chi connectivity index (χ0n) is 9.70. The number of piperidine rings is 1. The number of likely N-dealkylation sites (tertiary alicyclic amines) is 1. The van der Waals surface area contributed by atoms with Crippen LogP contribution in [-0.4, -0.2) is 42.8 Å². The van der Waals surface area contributed by atoms with Crippen LogP contribution in [0.4, 0.5) is 0 Å². The Labute approximate surface area is 87.6 Å². The van der Waals surface area contributed by atoms with Gasteiger partial charge in [-0.25, -0.2) is 0 Å². The molecular formula is C11H24N2O. The SMILES string of the molecule is CC(C)OCCN1CCC(N)CC1C. The Hall–Kier alpha value is -0.120. The van der Waals surface area contributed by atoms with Gasteiger partial charge in [-0.15, -0.1) is 0 Å². The first kappa shape index (κ1) is 12.0. The van der Waals surface area contributed by atoms with Gasteiger partial charge in [-0.2, -0.15) is 0 Å². The third kappa shape index (κ3) is 3.95. The normalized spacial score (nSPS) is 29.8. The second kappa shape index (κ2) is 5.69. The molecule has 0 aromatic carbocycles. The molecule has 0 aromatic rings. The van der Waals surface area contributed by atoms with E-state index >= 15 is 0 Å². The van der Waals surface area contributed by atoms with Gasteiger partial charge in [0.2, 0.25) is 0 Å². The van der Waals surface area contributed by atoms with E-state index < -0.39 is 0 Å². The summed E-state index contributed by atoms with van der Waals surface area (Å²) >= 11 is 0. The molecule has 2 N–H and O–H groups in total. The molecule has 1 aliphatic heterocycles. The summed E-state index contributed by atoms with van der Waals surface area (Å²) in [5.41, 5.74) is 5.91. The van der Waals surface area contributed by atoms with Crippen molar-refractivity contribution in [1.29, 1.82) is 0 Å². The van der Waals surface area contributed by atoms with Crippen LogP contribution in [0.3, 0.4) is 0 Å². The van der Waals surface area contributed by atoms with Crippen LogP contribution in [0.2, 0.25) is 0 Å². The third-order valence-electron chi connectivity index (χ3n) is 2.88. The fraction of sp³-hybridized carbons (Fsp3) is 1.00. The molecule has 3 nitrogen and oxygen atoms in total. The summed E-state index contributed by atoms with van der Waals surface area (Å²) in [6.45, 7) is 9.44. The molecule has 0 saturated carbocycles. The van der Waals surface area contributed by atoms with Crippen molar-refractivity contribution in [1.82, 2.24) is 4.90 Å². The number of ether oxygens (including phenoxy) is 1. The van der Waals surface area contributed by atoms with Crippen molar-refractivity contribution in [3.63, 3.8) is 0 Å². The molecule has 1 fully saturated rings. The van der Waals surface area contributed by atoms with Crippen molar-refractivity contribution in [2.24, 2.45) is 5.73 Å². The summed E-state index contributed by atoms with van der Waals surface area (Å²) in [6, 6.07) is 1.03. The third-order valence-corrected chi connectivity index (χ3v) is 2.88. The fourth-order valence-corrected chi connectivity index (χ4v) is 1.99. The van der Waals surface area contributed by atoms with Gasteiger partial charge >= 0.3 is 0 Å². The fourth-order valence-electron chi connectivity index (χ4n) is 1.99. The van der Waals surface area contributed by atoms with Gasteiger partial charge in [0.05, 0.1) is 12.7 Å². The molecule has 2 atom stereocenters. The van der Waals surface area contributed by atoms with Gasteiger partial charge in [-0.1, -0.05) is 0 Å². The van der Waals surface area contributed by atoms with Gasteiger partial charge in [-0.3, -0.25) is 4.90 Å². The molecule has 0 aromatic heterocycles. The molecular weight excluding hydrogens is 176 g/mol. The highest BCUT2D eigenvalue weighted by Crippen LogP contribution is 2.15. The molecule has 1 aliphatic rings. The lowest BCUT2D eigenvalue weighted by Gasteiger charge is -2.36.